The first-order valence-electron chi connectivity index (χ1n) is 5.21. The van der Waals surface area contributed by atoms with E-state index in [4.69, 9.17) is 4.74 Å². The molecule has 2 rings (SSSR count). The van der Waals surface area contributed by atoms with Crippen LogP contribution >= 0.6 is 12.4 Å². The van der Waals surface area contributed by atoms with Crippen LogP contribution in [0.5, 0.6) is 5.75 Å². The third kappa shape index (κ3) is 2.82. The number of alkyl carbamates (subject to hydrolysis) is 1. The van der Waals surface area contributed by atoms with Crippen molar-refractivity contribution in [3.05, 3.63) is 29.8 Å². The van der Waals surface area contributed by atoms with E-state index in [2.05, 4.69) is 5.32 Å². The molecule has 1 fully saturated rings. The van der Waals surface area contributed by atoms with Gasteiger partial charge in [-0.05, 0) is 17.7 Å². The number of nitrogens with one attached hydrogen (secondary N) is 1. The molecule has 0 aromatic heterocycles. The average molecular weight is 258 g/mol. The van der Waals surface area contributed by atoms with E-state index in [1.165, 1.54) is 0 Å². The van der Waals surface area contributed by atoms with E-state index in [1.807, 2.05) is 19.9 Å². The minimum absolute atomic E-state index is 0. The van der Waals surface area contributed by atoms with Crippen LogP contribution in [0.2, 0.25) is 0 Å². The molecule has 5 heteroatoms. The second kappa shape index (κ2) is 4.84. The molecule has 0 aliphatic carbocycles. The summed E-state index contributed by atoms with van der Waals surface area (Å²) in [5.41, 5.74) is 0.698. The maximum Gasteiger partial charge on any atom is 0.407 e. The summed E-state index contributed by atoms with van der Waals surface area (Å²) in [5, 5.41) is 12.2. The molecule has 1 aromatic rings. The van der Waals surface area contributed by atoms with Gasteiger partial charge in [-0.1, -0.05) is 26.0 Å². The minimum Gasteiger partial charge on any atom is -0.508 e. The van der Waals surface area contributed by atoms with E-state index in [0.29, 0.717) is 6.61 Å². The number of ether oxygens (including phenoxy) is 1. The van der Waals surface area contributed by atoms with Crippen LogP contribution in [0.4, 0.5) is 4.79 Å². The molecule has 1 atom stereocenters. The highest BCUT2D eigenvalue weighted by Crippen LogP contribution is 2.37. The van der Waals surface area contributed by atoms with Crippen molar-refractivity contribution in [3.8, 4) is 5.75 Å². The number of phenols is 1. The van der Waals surface area contributed by atoms with Gasteiger partial charge < -0.3 is 15.2 Å². The Hall–Kier alpha value is -1.42. The van der Waals surface area contributed by atoms with Crippen LogP contribution in [0.15, 0.2) is 24.3 Å². The molecule has 1 amide bonds. The van der Waals surface area contributed by atoms with E-state index >= 15 is 0 Å². The van der Waals surface area contributed by atoms with Crippen molar-refractivity contribution >= 4 is 18.5 Å². The molecule has 1 saturated heterocycles. The molecule has 0 unspecified atom stereocenters. The van der Waals surface area contributed by atoms with Gasteiger partial charge in [-0.25, -0.2) is 4.79 Å². The molecule has 0 spiro atoms. The highest BCUT2D eigenvalue weighted by atomic mass is 35.5. The first-order chi connectivity index (χ1) is 7.49. The van der Waals surface area contributed by atoms with Gasteiger partial charge in [0.2, 0.25) is 0 Å². The number of halogens is 1. The van der Waals surface area contributed by atoms with Gasteiger partial charge in [-0.3, -0.25) is 0 Å². The summed E-state index contributed by atoms with van der Waals surface area (Å²) in [4.78, 5) is 11.2. The zero-order chi connectivity index (χ0) is 11.8. The van der Waals surface area contributed by atoms with Crippen LogP contribution in [0.1, 0.15) is 25.5 Å². The van der Waals surface area contributed by atoms with Gasteiger partial charge in [0.25, 0.3) is 0 Å². The van der Waals surface area contributed by atoms with Crippen LogP contribution in [0.3, 0.4) is 0 Å². The van der Waals surface area contributed by atoms with Crippen LogP contribution in [-0.4, -0.2) is 17.8 Å². The monoisotopic (exact) mass is 257 g/mol. The Morgan fingerprint density at radius 1 is 1.47 bits per heavy atom. The Bertz CT molecular complexity index is 420. The number of hydrogen-bond donors (Lipinski definition) is 2. The number of benzene rings is 1. The lowest BCUT2D eigenvalue weighted by Crippen LogP contribution is -2.46. The zero-order valence-corrected chi connectivity index (χ0v) is 10.6. The lowest BCUT2D eigenvalue weighted by Gasteiger charge is -2.38. The molecule has 17 heavy (non-hydrogen) atoms. The molecule has 0 saturated carbocycles. The third-order valence-electron chi connectivity index (χ3n) is 2.82. The molecule has 94 valence electrons. The van der Waals surface area contributed by atoms with Gasteiger partial charge in [0.1, 0.15) is 12.4 Å². The van der Waals surface area contributed by atoms with Crippen molar-refractivity contribution in [2.75, 3.05) is 6.61 Å². The number of rotatable bonds is 1. The molecular formula is C12H16ClNO3. The third-order valence-corrected chi connectivity index (χ3v) is 2.82. The van der Waals surface area contributed by atoms with Crippen molar-refractivity contribution in [1.82, 2.24) is 5.32 Å². The fourth-order valence-corrected chi connectivity index (χ4v) is 1.93. The molecule has 1 aliphatic heterocycles. The Labute approximate surface area is 106 Å². The van der Waals surface area contributed by atoms with E-state index < -0.39 is 6.09 Å². The van der Waals surface area contributed by atoms with Crippen LogP contribution in [-0.2, 0) is 4.74 Å². The Morgan fingerprint density at radius 2 is 2.18 bits per heavy atom. The fourth-order valence-electron chi connectivity index (χ4n) is 1.93. The summed E-state index contributed by atoms with van der Waals surface area (Å²) in [7, 11) is 0. The summed E-state index contributed by atoms with van der Waals surface area (Å²) >= 11 is 0. The summed E-state index contributed by atoms with van der Waals surface area (Å²) in [6, 6.07) is 6.79. The molecule has 2 N–H and O–H groups in total. The quantitative estimate of drug-likeness (QED) is 0.813. The summed E-state index contributed by atoms with van der Waals surface area (Å²) in [6.07, 6.45) is -0.410. The maximum absolute atomic E-state index is 11.2. The molecule has 1 aliphatic rings. The minimum atomic E-state index is -0.410. The average Bonchev–Trinajstić information content (AvgIpc) is 2.22. The van der Waals surface area contributed by atoms with Gasteiger partial charge >= 0.3 is 6.09 Å². The molecule has 1 heterocycles. The molecule has 0 radical (unpaired) electrons. The largest absolute Gasteiger partial charge is 0.508 e. The summed E-state index contributed by atoms with van der Waals surface area (Å²) in [6.45, 7) is 4.40. The van der Waals surface area contributed by atoms with Crippen LogP contribution in [0.25, 0.3) is 0 Å². The molecule has 4 nitrogen and oxygen atoms in total. The highest BCUT2D eigenvalue weighted by Gasteiger charge is 2.37. The first kappa shape index (κ1) is 13.6. The highest BCUT2D eigenvalue weighted by molar-refractivity contribution is 5.85. The van der Waals surface area contributed by atoms with Gasteiger partial charge in [-0.2, -0.15) is 0 Å². The standard InChI is InChI=1S/C12H15NO3.ClH/c1-12(2)7-16-11(15)13-10(12)8-4-3-5-9(14)6-8;/h3-6,10,14H,7H2,1-2H3,(H,13,15);1H/t10-;/m0./s1. The number of carbonyl (C=O) groups is 1. The predicted octanol–water partition coefficient (Wildman–Crippen LogP) is 2.62. The predicted molar refractivity (Wildman–Crippen MR) is 66.4 cm³/mol. The molecular weight excluding hydrogens is 242 g/mol. The second-order valence-electron chi connectivity index (χ2n) is 4.74. The Balaban J connectivity index is 0.00000144. The van der Waals surface area contributed by atoms with Crippen LogP contribution in [0, 0.1) is 5.41 Å². The maximum atomic E-state index is 11.2. The van der Waals surface area contributed by atoms with Crippen molar-refractivity contribution in [1.29, 1.82) is 0 Å². The lowest BCUT2D eigenvalue weighted by atomic mass is 9.80. The number of carbonyl (C=O) groups excluding carboxylic acids is 1. The summed E-state index contributed by atoms with van der Waals surface area (Å²) in [5.74, 6) is 0.203. The SMILES string of the molecule is CC1(C)COC(=O)N[C@H]1c1cccc(O)c1.Cl. The van der Waals surface area contributed by atoms with Crippen LogP contribution < -0.4 is 5.32 Å². The van der Waals surface area contributed by atoms with Gasteiger partial charge in [0.05, 0.1) is 6.04 Å². The van der Waals surface area contributed by atoms with E-state index in [0.717, 1.165) is 5.56 Å². The topological polar surface area (TPSA) is 58.6 Å². The Morgan fingerprint density at radius 3 is 2.82 bits per heavy atom. The number of aromatic hydroxyl groups is 1. The number of phenolic OH excluding ortho intramolecular Hbond substituents is 1. The van der Waals surface area contributed by atoms with Crippen molar-refractivity contribution < 1.29 is 14.6 Å². The zero-order valence-electron chi connectivity index (χ0n) is 9.77. The van der Waals surface area contributed by atoms with E-state index in [9.17, 15) is 9.90 Å². The normalized spacial score (nSPS) is 22.0. The fraction of sp³-hybridized carbons (Fsp3) is 0.417. The smallest absolute Gasteiger partial charge is 0.407 e. The molecule has 0 bridgehead atoms. The van der Waals surface area contributed by atoms with Gasteiger partial charge in [-0.15, -0.1) is 12.4 Å². The van der Waals surface area contributed by atoms with Crippen molar-refractivity contribution in [2.45, 2.75) is 19.9 Å². The van der Waals surface area contributed by atoms with Gasteiger partial charge in [0.15, 0.2) is 0 Å². The number of cyclic esters (lactones) is 1. The number of amides is 1. The Kier molecular flexibility index (Phi) is 3.88. The summed E-state index contributed by atoms with van der Waals surface area (Å²) < 4.78 is 4.96. The number of hydrogen-bond acceptors (Lipinski definition) is 3. The van der Waals surface area contributed by atoms with E-state index in [-0.39, 0.29) is 29.6 Å². The van der Waals surface area contributed by atoms with E-state index in [1.54, 1.807) is 18.2 Å². The van der Waals surface area contributed by atoms with Crippen molar-refractivity contribution in [2.24, 2.45) is 5.41 Å². The first-order valence-corrected chi connectivity index (χ1v) is 5.21. The van der Waals surface area contributed by atoms with Gasteiger partial charge in [0, 0.05) is 5.41 Å². The second-order valence-corrected chi connectivity index (χ2v) is 4.74. The van der Waals surface area contributed by atoms with Crippen molar-refractivity contribution in [3.63, 3.8) is 0 Å². The molecule has 1 aromatic carbocycles. The lowest BCUT2D eigenvalue weighted by molar-refractivity contribution is 0.0387.